The number of methoxy groups -OCH3 is 1. The van der Waals surface area contributed by atoms with Crippen molar-refractivity contribution in [1.29, 1.82) is 5.26 Å². The lowest BCUT2D eigenvalue weighted by Crippen LogP contribution is -2.16. The smallest absolute Gasteiger partial charge is 0.341 e. The van der Waals surface area contributed by atoms with Gasteiger partial charge in [0.25, 0.3) is 5.91 Å². The first-order chi connectivity index (χ1) is 12.9. The molecule has 2 aromatic rings. The summed E-state index contributed by atoms with van der Waals surface area (Å²) in [5, 5.41) is 12.4. The molecule has 0 unspecified atom stereocenters. The predicted octanol–water partition coefficient (Wildman–Crippen LogP) is 4.10. The Labute approximate surface area is 162 Å². The van der Waals surface area contributed by atoms with E-state index in [0.29, 0.717) is 21.9 Å². The van der Waals surface area contributed by atoms with E-state index in [2.05, 4.69) is 5.32 Å². The number of ether oxygens (including phenoxy) is 2. The number of esters is 1. The number of nitriles is 1. The van der Waals surface area contributed by atoms with Gasteiger partial charge in [0.2, 0.25) is 0 Å². The van der Waals surface area contributed by atoms with Crippen molar-refractivity contribution in [3.05, 3.63) is 51.4 Å². The molecule has 1 N–H and O–H groups in total. The molecule has 1 aromatic heterocycles. The number of amides is 1. The highest BCUT2D eigenvalue weighted by Crippen LogP contribution is 2.33. The van der Waals surface area contributed by atoms with E-state index in [0.717, 1.165) is 10.4 Å². The second kappa shape index (κ2) is 9.01. The molecule has 0 fully saturated rings. The molecule has 0 atom stereocenters. The second-order valence-electron chi connectivity index (χ2n) is 5.60. The Bertz CT molecular complexity index is 921. The maximum absolute atomic E-state index is 12.6. The molecule has 6 nitrogen and oxygen atoms in total. The SMILES string of the molecule is CCOC(=O)c1c(NC(=O)C(C#N)=Cc2ccc(OC)cc2)sc(C)c1C. The molecule has 1 aromatic carbocycles. The van der Waals surface area contributed by atoms with Gasteiger partial charge in [-0.25, -0.2) is 4.79 Å². The number of aryl methyl sites for hydroxylation is 1. The summed E-state index contributed by atoms with van der Waals surface area (Å²) >= 11 is 1.28. The van der Waals surface area contributed by atoms with Crippen LogP contribution in [0.5, 0.6) is 5.75 Å². The maximum Gasteiger partial charge on any atom is 0.341 e. The zero-order valence-corrected chi connectivity index (χ0v) is 16.4. The molecule has 0 saturated heterocycles. The van der Waals surface area contributed by atoms with Crippen LogP contribution in [0.3, 0.4) is 0 Å². The topological polar surface area (TPSA) is 88.4 Å². The van der Waals surface area contributed by atoms with E-state index in [9.17, 15) is 14.9 Å². The highest BCUT2D eigenvalue weighted by atomic mass is 32.1. The molecule has 1 heterocycles. The van der Waals surface area contributed by atoms with Gasteiger partial charge in [-0.3, -0.25) is 4.79 Å². The van der Waals surface area contributed by atoms with Crippen molar-refractivity contribution in [2.75, 3.05) is 19.0 Å². The Kier molecular flexibility index (Phi) is 6.74. The van der Waals surface area contributed by atoms with Gasteiger partial charge in [-0.2, -0.15) is 5.26 Å². The van der Waals surface area contributed by atoms with E-state index < -0.39 is 11.9 Å². The fraction of sp³-hybridized carbons (Fsp3) is 0.250. The van der Waals surface area contributed by atoms with E-state index in [1.54, 1.807) is 45.2 Å². The molecule has 7 heteroatoms. The first-order valence-corrected chi connectivity index (χ1v) is 9.07. The summed E-state index contributed by atoms with van der Waals surface area (Å²) in [6.07, 6.45) is 1.48. The second-order valence-corrected chi connectivity index (χ2v) is 6.83. The first kappa shape index (κ1) is 20.2. The molecule has 140 valence electrons. The van der Waals surface area contributed by atoms with Crippen LogP contribution in [-0.4, -0.2) is 25.6 Å². The maximum atomic E-state index is 12.6. The predicted molar refractivity (Wildman–Crippen MR) is 105 cm³/mol. The minimum Gasteiger partial charge on any atom is -0.497 e. The van der Waals surface area contributed by atoms with Crippen LogP contribution in [0.15, 0.2) is 29.8 Å². The van der Waals surface area contributed by atoms with Gasteiger partial charge >= 0.3 is 5.97 Å². The summed E-state index contributed by atoms with van der Waals surface area (Å²) in [6, 6.07) is 8.87. The summed E-state index contributed by atoms with van der Waals surface area (Å²) in [5.74, 6) is -0.397. The van der Waals surface area contributed by atoms with Gasteiger partial charge in [0.05, 0.1) is 19.3 Å². The average molecular weight is 384 g/mol. The Hall–Kier alpha value is -3.11. The molecule has 0 aliphatic heterocycles. The molecule has 0 saturated carbocycles. The number of nitrogens with one attached hydrogen (secondary N) is 1. The molecular weight excluding hydrogens is 364 g/mol. The van der Waals surface area contributed by atoms with Crippen LogP contribution in [0.2, 0.25) is 0 Å². The molecule has 27 heavy (non-hydrogen) atoms. The number of hydrogen-bond acceptors (Lipinski definition) is 6. The van der Waals surface area contributed by atoms with Gasteiger partial charge in [0, 0.05) is 4.88 Å². The van der Waals surface area contributed by atoms with Crippen molar-refractivity contribution in [3.63, 3.8) is 0 Å². The van der Waals surface area contributed by atoms with Gasteiger partial charge < -0.3 is 14.8 Å². The zero-order valence-electron chi connectivity index (χ0n) is 15.6. The van der Waals surface area contributed by atoms with E-state index in [-0.39, 0.29) is 12.2 Å². The molecule has 0 spiro atoms. The third-order valence-electron chi connectivity index (χ3n) is 3.88. The number of benzene rings is 1. The Morgan fingerprint density at radius 1 is 1.26 bits per heavy atom. The van der Waals surface area contributed by atoms with Crippen LogP contribution >= 0.6 is 11.3 Å². The molecule has 2 rings (SSSR count). The summed E-state index contributed by atoms with van der Waals surface area (Å²) in [6.45, 7) is 5.61. The highest BCUT2D eigenvalue weighted by Gasteiger charge is 2.23. The lowest BCUT2D eigenvalue weighted by molar-refractivity contribution is -0.112. The van der Waals surface area contributed by atoms with Crippen molar-refractivity contribution in [2.24, 2.45) is 0 Å². The first-order valence-electron chi connectivity index (χ1n) is 8.25. The van der Waals surface area contributed by atoms with Gasteiger partial charge in [-0.05, 0) is 50.1 Å². The number of carbonyl (C=O) groups excluding carboxylic acids is 2. The van der Waals surface area contributed by atoms with Gasteiger partial charge in [0.15, 0.2) is 0 Å². The van der Waals surface area contributed by atoms with Crippen molar-refractivity contribution in [1.82, 2.24) is 0 Å². The molecular formula is C20H20N2O4S. The number of thiophene rings is 1. The lowest BCUT2D eigenvalue weighted by Gasteiger charge is -2.07. The van der Waals surface area contributed by atoms with Crippen LogP contribution in [0.4, 0.5) is 5.00 Å². The Balaban J connectivity index is 2.29. The van der Waals surface area contributed by atoms with Crippen molar-refractivity contribution in [3.8, 4) is 11.8 Å². The third kappa shape index (κ3) is 4.74. The summed E-state index contributed by atoms with van der Waals surface area (Å²) in [5.41, 5.74) is 1.70. The van der Waals surface area contributed by atoms with Crippen molar-refractivity contribution >= 4 is 34.3 Å². The van der Waals surface area contributed by atoms with Crippen LogP contribution in [0.1, 0.15) is 33.3 Å². The van der Waals surface area contributed by atoms with Crippen LogP contribution in [0.25, 0.3) is 6.08 Å². The van der Waals surface area contributed by atoms with Crippen molar-refractivity contribution < 1.29 is 19.1 Å². The molecule has 1 amide bonds. The molecule has 0 radical (unpaired) electrons. The normalized spacial score (nSPS) is 10.9. The monoisotopic (exact) mass is 384 g/mol. The molecule has 0 aliphatic carbocycles. The average Bonchev–Trinajstić information content (AvgIpc) is 2.93. The lowest BCUT2D eigenvalue weighted by atomic mass is 10.1. The van der Waals surface area contributed by atoms with Crippen LogP contribution < -0.4 is 10.1 Å². The van der Waals surface area contributed by atoms with Gasteiger partial charge in [-0.15, -0.1) is 11.3 Å². The largest absolute Gasteiger partial charge is 0.497 e. The third-order valence-corrected chi connectivity index (χ3v) is 5.01. The number of carbonyl (C=O) groups is 2. The number of anilines is 1. The minimum absolute atomic E-state index is 0.0707. The summed E-state index contributed by atoms with van der Waals surface area (Å²) < 4.78 is 10.2. The fourth-order valence-electron chi connectivity index (χ4n) is 2.35. The fourth-order valence-corrected chi connectivity index (χ4v) is 3.39. The van der Waals surface area contributed by atoms with Gasteiger partial charge in [-0.1, -0.05) is 12.1 Å². The summed E-state index contributed by atoms with van der Waals surface area (Å²) in [4.78, 5) is 25.7. The number of nitrogens with zero attached hydrogens (tertiary/aromatic N) is 1. The number of rotatable bonds is 6. The highest BCUT2D eigenvalue weighted by molar-refractivity contribution is 7.16. The minimum atomic E-state index is -0.583. The Morgan fingerprint density at radius 3 is 2.48 bits per heavy atom. The van der Waals surface area contributed by atoms with Crippen molar-refractivity contribution in [2.45, 2.75) is 20.8 Å². The zero-order chi connectivity index (χ0) is 20.0. The van der Waals surface area contributed by atoms with E-state index in [1.807, 2.05) is 13.0 Å². The van der Waals surface area contributed by atoms with Crippen LogP contribution in [-0.2, 0) is 9.53 Å². The van der Waals surface area contributed by atoms with E-state index >= 15 is 0 Å². The van der Waals surface area contributed by atoms with E-state index in [4.69, 9.17) is 9.47 Å². The Morgan fingerprint density at radius 2 is 1.93 bits per heavy atom. The van der Waals surface area contributed by atoms with Crippen LogP contribution in [0, 0.1) is 25.2 Å². The number of hydrogen-bond donors (Lipinski definition) is 1. The van der Waals surface area contributed by atoms with E-state index in [1.165, 1.54) is 17.4 Å². The molecule has 0 bridgehead atoms. The van der Waals surface area contributed by atoms with Gasteiger partial charge in [0.1, 0.15) is 22.4 Å². The quantitative estimate of drug-likeness (QED) is 0.460. The molecule has 0 aliphatic rings. The summed E-state index contributed by atoms with van der Waals surface area (Å²) in [7, 11) is 1.56. The standard InChI is InChI=1S/C20H20N2O4S/c1-5-26-20(24)17-12(2)13(3)27-19(17)22-18(23)15(11-21)10-14-6-8-16(25-4)9-7-14/h6-10H,5H2,1-4H3,(H,22,23).